The van der Waals surface area contributed by atoms with E-state index in [-0.39, 0.29) is 39.3 Å². The number of sulfonamides is 1. The van der Waals surface area contributed by atoms with Crippen LogP contribution in [0.25, 0.3) is 0 Å². The Balaban J connectivity index is 2.15. The zero-order valence-corrected chi connectivity index (χ0v) is 27.7. The van der Waals surface area contributed by atoms with Gasteiger partial charge in [0.15, 0.2) is 11.5 Å². The lowest BCUT2D eigenvalue weighted by molar-refractivity contribution is -0.141. The quantitative estimate of drug-likeness (QED) is 0.252. The first-order valence-electron chi connectivity index (χ1n) is 13.7. The first-order valence-corrected chi connectivity index (χ1v) is 15.9. The molecule has 0 saturated carbocycles. The second-order valence-corrected chi connectivity index (χ2v) is 13.6. The molecule has 9 nitrogen and oxygen atoms in total. The molecule has 0 unspecified atom stereocenters. The molecule has 0 aliphatic heterocycles. The number of anilines is 1. The SMILES string of the molecule is CC[C@@H](C(=O)NC(C)(C)C)N(Cc1c(Cl)cccc1Cl)C(=O)CN(c1ccc(F)cc1)S(=O)(=O)c1ccc(OC)c(OC)c1. The van der Waals surface area contributed by atoms with Gasteiger partial charge in [0.25, 0.3) is 10.0 Å². The summed E-state index contributed by atoms with van der Waals surface area (Å²) >= 11 is 12.9. The van der Waals surface area contributed by atoms with Crippen molar-refractivity contribution in [2.24, 2.45) is 0 Å². The van der Waals surface area contributed by atoms with Gasteiger partial charge in [0, 0.05) is 33.8 Å². The minimum absolute atomic E-state index is 0.0254. The molecule has 3 rings (SSSR count). The van der Waals surface area contributed by atoms with Gasteiger partial charge in [-0.05, 0) is 75.7 Å². The van der Waals surface area contributed by atoms with E-state index in [1.54, 1.807) is 45.9 Å². The van der Waals surface area contributed by atoms with Gasteiger partial charge in [-0.3, -0.25) is 13.9 Å². The van der Waals surface area contributed by atoms with Crippen molar-refractivity contribution < 1.29 is 31.9 Å². The van der Waals surface area contributed by atoms with Gasteiger partial charge in [-0.15, -0.1) is 0 Å². The van der Waals surface area contributed by atoms with E-state index in [2.05, 4.69) is 5.32 Å². The maximum absolute atomic E-state index is 14.2. The fraction of sp³-hybridized carbons (Fsp3) is 0.355. The van der Waals surface area contributed by atoms with Crippen LogP contribution in [0.1, 0.15) is 39.7 Å². The van der Waals surface area contributed by atoms with Crippen molar-refractivity contribution in [1.82, 2.24) is 10.2 Å². The Hall–Kier alpha value is -3.54. The van der Waals surface area contributed by atoms with Crippen molar-refractivity contribution in [1.29, 1.82) is 0 Å². The number of carbonyl (C=O) groups is 2. The molecule has 13 heteroatoms. The number of ether oxygens (including phenoxy) is 2. The molecule has 0 spiro atoms. The Morgan fingerprint density at radius 3 is 2.07 bits per heavy atom. The van der Waals surface area contributed by atoms with Gasteiger partial charge in [0.05, 0.1) is 24.8 Å². The largest absolute Gasteiger partial charge is 0.493 e. The molecule has 2 amide bonds. The average molecular weight is 669 g/mol. The lowest BCUT2D eigenvalue weighted by Gasteiger charge is -2.35. The Labute approximate surface area is 267 Å². The summed E-state index contributed by atoms with van der Waals surface area (Å²) in [5.41, 5.74) is -0.197. The summed E-state index contributed by atoms with van der Waals surface area (Å²) in [4.78, 5) is 28.8. The molecule has 44 heavy (non-hydrogen) atoms. The highest BCUT2D eigenvalue weighted by Crippen LogP contribution is 2.33. The molecular formula is C31H36Cl2FN3O6S. The Kier molecular flexibility index (Phi) is 11.5. The van der Waals surface area contributed by atoms with Crippen LogP contribution < -0.4 is 19.1 Å². The molecule has 0 aliphatic carbocycles. The predicted octanol–water partition coefficient (Wildman–Crippen LogP) is 6.07. The maximum atomic E-state index is 14.2. The monoisotopic (exact) mass is 667 g/mol. The van der Waals surface area contributed by atoms with E-state index in [9.17, 15) is 22.4 Å². The van der Waals surface area contributed by atoms with E-state index in [1.807, 2.05) is 0 Å². The normalized spacial score (nSPS) is 12.3. The molecule has 3 aromatic rings. The third kappa shape index (κ3) is 8.34. The highest BCUT2D eigenvalue weighted by atomic mass is 35.5. The Morgan fingerprint density at radius 1 is 0.955 bits per heavy atom. The van der Waals surface area contributed by atoms with E-state index < -0.39 is 45.8 Å². The smallest absolute Gasteiger partial charge is 0.264 e. The van der Waals surface area contributed by atoms with Gasteiger partial charge in [-0.25, -0.2) is 12.8 Å². The van der Waals surface area contributed by atoms with E-state index in [4.69, 9.17) is 32.7 Å². The lowest BCUT2D eigenvalue weighted by Crippen LogP contribution is -2.55. The number of nitrogens with one attached hydrogen (secondary N) is 1. The molecule has 1 N–H and O–H groups in total. The highest BCUT2D eigenvalue weighted by Gasteiger charge is 2.35. The minimum Gasteiger partial charge on any atom is -0.493 e. The summed E-state index contributed by atoms with van der Waals surface area (Å²) in [5, 5.41) is 3.44. The van der Waals surface area contributed by atoms with Gasteiger partial charge < -0.3 is 19.7 Å². The molecule has 0 bridgehead atoms. The molecule has 1 atom stereocenters. The zero-order valence-electron chi connectivity index (χ0n) is 25.4. The van der Waals surface area contributed by atoms with Gasteiger partial charge in [-0.2, -0.15) is 0 Å². The Morgan fingerprint density at radius 2 is 1.55 bits per heavy atom. The molecule has 0 radical (unpaired) electrons. The van der Waals surface area contributed by atoms with Crippen LogP contribution >= 0.6 is 23.2 Å². The summed E-state index contributed by atoms with van der Waals surface area (Å²) in [5.74, 6) is -1.30. The van der Waals surface area contributed by atoms with Crippen molar-refractivity contribution in [3.63, 3.8) is 0 Å². The van der Waals surface area contributed by atoms with Crippen molar-refractivity contribution in [2.45, 2.75) is 57.1 Å². The number of benzene rings is 3. The number of hydrogen-bond acceptors (Lipinski definition) is 6. The van der Waals surface area contributed by atoms with Crippen molar-refractivity contribution in [2.75, 3.05) is 25.1 Å². The summed E-state index contributed by atoms with van der Waals surface area (Å²) in [6.07, 6.45) is 0.203. The number of hydrogen-bond donors (Lipinski definition) is 1. The number of carbonyl (C=O) groups excluding carboxylic acids is 2. The van der Waals surface area contributed by atoms with E-state index in [0.29, 0.717) is 11.3 Å². The van der Waals surface area contributed by atoms with Crippen LogP contribution in [0.5, 0.6) is 11.5 Å². The van der Waals surface area contributed by atoms with Crippen LogP contribution in [0.4, 0.5) is 10.1 Å². The zero-order chi connectivity index (χ0) is 32.8. The second-order valence-electron chi connectivity index (χ2n) is 10.9. The predicted molar refractivity (Wildman–Crippen MR) is 169 cm³/mol. The summed E-state index contributed by atoms with van der Waals surface area (Å²) < 4.78 is 53.5. The fourth-order valence-electron chi connectivity index (χ4n) is 4.47. The molecule has 238 valence electrons. The molecule has 0 heterocycles. The number of methoxy groups -OCH3 is 2. The third-order valence-electron chi connectivity index (χ3n) is 6.61. The van der Waals surface area contributed by atoms with Crippen LogP contribution in [-0.2, 0) is 26.2 Å². The molecular weight excluding hydrogens is 632 g/mol. The van der Waals surface area contributed by atoms with Gasteiger partial charge in [-0.1, -0.05) is 36.2 Å². The minimum atomic E-state index is -4.45. The first kappa shape index (κ1) is 34.9. The lowest BCUT2D eigenvalue weighted by atomic mass is 10.1. The van der Waals surface area contributed by atoms with Crippen LogP contribution in [0.3, 0.4) is 0 Å². The van der Waals surface area contributed by atoms with Crippen molar-refractivity contribution in [3.05, 3.63) is 82.1 Å². The summed E-state index contributed by atoms with van der Waals surface area (Å²) in [6.45, 7) is 6.24. The number of nitrogens with zero attached hydrogens (tertiary/aromatic N) is 2. The topological polar surface area (TPSA) is 105 Å². The van der Waals surface area contributed by atoms with Crippen LogP contribution in [0, 0.1) is 5.82 Å². The molecule has 3 aromatic carbocycles. The van der Waals surface area contributed by atoms with Crippen LogP contribution in [0.15, 0.2) is 65.6 Å². The molecule has 0 aromatic heterocycles. The average Bonchev–Trinajstić information content (AvgIpc) is 2.96. The van der Waals surface area contributed by atoms with E-state index >= 15 is 0 Å². The molecule has 0 saturated heterocycles. The first-order chi connectivity index (χ1) is 20.6. The van der Waals surface area contributed by atoms with Gasteiger partial charge in [0.1, 0.15) is 18.4 Å². The summed E-state index contributed by atoms with van der Waals surface area (Å²) in [6, 6.07) is 12.5. The Bertz CT molecular complexity index is 1580. The third-order valence-corrected chi connectivity index (χ3v) is 9.09. The van der Waals surface area contributed by atoms with Crippen molar-refractivity contribution in [3.8, 4) is 11.5 Å². The number of rotatable bonds is 12. The number of halogens is 3. The number of amides is 2. The van der Waals surface area contributed by atoms with E-state index in [0.717, 1.165) is 16.4 Å². The molecule has 0 fully saturated rings. The van der Waals surface area contributed by atoms with Crippen LogP contribution in [-0.4, -0.2) is 57.5 Å². The standard InChI is InChI=1S/C31H36Cl2FN3O6S/c1-7-26(30(39)35-31(2,3)4)36(18-23-24(32)9-8-10-25(23)33)29(38)19-37(21-13-11-20(34)12-14-21)44(40,41)22-15-16-27(42-5)28(17-22)43-6/h8-17,26H,7,18-19H2,1-6H3,(H,35,39)/t26-/m0/s1. The van der Waals surface area contributed by atoms with Gasteiger partial charge in [0.2, 0.25) is 11.8 Å². The molecule has 0 aliphatic rings. The van der Waals surface area contributed by atoms with Gasteiger partial charge >= 0.3 is 0 Å². The van der Waals surface area contributed by atoms with E-state index in [1.165, 1.54) is 49.5 Å². The summed E-state index contributed by atoms with van der Waals surface area (Å²) in [7, 11) is -1.67. The highest BCUT2D eigenvalue weighted by molar-refractivity contribution is 7.92. The fourth-order valence-corrected chi connectivity index (χ4v) is 6.41. The van der Waals surface area contributed by atoms with Crippen LogP contribution in [0.2, 0.25) is 10.0 Å². The second kappa shape index (κ2) is 14.5. The van der Waals surface area contributed by atoms with Crippen molar-refractivity contribution >= 4 is 50.7 Å². The maximum Gasteiger partial charge on any atom is 0.264 e.